The van der Waals surface area contributed by atoms with Crippen molar-refractivity contribution in [2.45, 2.75) is 52.1 Å². The highest BCUT2D eigenvalue weighted by atomic mass is 16.6. The molecular weight excluding hydrogens is 482 g/mol. The van der Waals surface area contributed by atoms with Crippen molar-refractivity contribution in [3.63, 3.8) is 0 Å². The number of pyridine rings is 1. The van der Waals surface area contributed by atoms with Crippen LogP contribution < -0.4 is 5.73 Å². The van der Waals surface area contributed by atoms with E-state index in [0.717, 1.165) is 36.0 Å². The Morgan fingerprint density at radius 3 is 2.39 bits per heavy atom. The van der Waals surface area contributed by atoms with Crippen LogP contribution in [0.3, 0.4) is 0 Å². The number of carbonyl (C=O) groups excluding carboxylic acids is 2. The van der Waals surface area contributed by atoms with E-state index in [1.165, 1.54) is 0 Å². The summed E-state index contributed by atoms with van der Waals surface area (Å²) < 4.78 is 10.7. The number of carbonyl (C=O) groups is 2. The molecule has 0 saturated heterocycles. The number of ether oxygens (including phenoxy) is 2. The maximum atomic E-state index is 12.8. The zero-order valence-electron chi connectivity index (χ0n) is 22.6. The lowest BCUT2D eigenvalue weighted by molar-refractivity contribution is 0.0233. The van der Waals surface area contributed by atoms with Crippen LogP contribution in [0, 0.1) is 0 Å². The van der Waals surface area contributed by atoms with Gasteiger partial charge >= 0.3 is 6.09 Å². The van der Waals surface area contributed by atoms with Crippen molar-refractivity contribution in [1.29, 1.82) is 0 Å². The first-order chi connectivity index (χ1) is 18.2. The van der Waals surface area contributed by atoms with Crippen molar-refractivity contribution < 1.29 is 19.1 Å². The summed E-state index contributed by atoms with van der Waals surface area (Å²) in [5.74, 6) is -0.0965. The third-order valence-corrected chi connectivity index (χ3v) is 5.72. The molecule has 0 unspecified atom stereocenters. The monoisotopic (exact) mass is 519 g/mol. The average molecular weight is 520 g/mol. The average Bonchev–Trinajstić information content (AvgIpc) is 2.88. The summed E-state index contributed by atoms with van der Waals surface area (Å²) in [6.07, 6.45) is 7.07. The molecule has 1 aromatic carbocycles. The Balaban J connectivity index is 1.61. The number of rotatable bonds is 12. The second-order valence-corrected chi connectivity index (χ2v) is 10.1. The number of Topliss-reactive ketones (excluding diaryl/α,β-unsaturated/α-hetero) is 1. The minimum Gasteiger partial charge on any atom is -0.444 e. The Morgan fingerprint density at radius 1 is 1.00 bits per heavy atom. The highest BCUT2D eigenvalue weighted by Crippen LogP contribution is 2.21. The molecule has 1 amide bonds. The number of benzene rings is 1. The molecule has 0 aliphatic rings. The van der Waals surface area contributed by atoms with Gasteiger partial charge in [0.2, 0.25) is 0 Å². The van der Waals surface area contributed by atoms with Crippen molar-refractivity contribution >= 4 is 17.7 Å². The summed E-state index contributed by atoms with van der Waals surface area (Å²) in [6.45, 7) is 7.36. The van der Waals surface area contributed by atoms with Gasteiger partial charge in [-0.2, -0.15) is 0 Å². The van der Waals surface area contributed by atoms with Gasteiger partial charge in [-0.1, -0.05) is 30.3 Å². The standard InChI is InChI=1S/C29H37N5O4/c1-29(2,3)38-28(36)34(16-7-17-37-4)15-6-9-21-10-12-23(13-11-21)24-20-32-27(30)26(33-24)25(35)18-22-8-5-14-31-19-22/h5,8,10-14,19-20H,6-7,9,15-18H2,1-4H3,(H2,30,32). The fraction of sp³-hybridized carbons (Fsp3) is 0.414. The maximum Gasteiger partial charge on any atom is 0.410 e. The molecule has 0 fully saturated rings. The van der Waals surface area contributed by atoms with E-state index in [0.29, 0.717) is 25.4 Å². The molecule has 0 aliphatic carbocycles. The van der Waals surface area contributed by atoms with Gasteiger partial charge in [0, 0.05) is 51.2 Å². The van der Waals surface area contributed by atoms with E-state index in [1.54, 1.807) is 36.7 Å². The van der Waals surface area contributed by atoms with E-state index in [2.05, 4.69) is 15.0 Å². The number of nitrogen functional groups attached to an aromatic ring is 1. The largest absolute Gasteiger partial charge is 0.444 e. The molecule has 3 aromatic rings. The molecular formula is C29H37N5O4. The number of nitrogens with two attached hydrogens (primary N) is 1. The van der Waals surface area contributed by atoms with Gasteiger partial charge in [0.25, 0.3) is 0 Å². The molecule has 0 radical (unpaired) electrons. The fourth-order valence-electron chi connectivity index (χ4n) is 3.85. The summed E-state index contributed by atoms with van der Waals surface area (Å²) in [4.78, 5) is 39.9. The van der Waals surface area contributed by atoms with E-state index in [1.807, 2.05) is 51.1 Å². The summed E-state index contributed by atoms with van der Waals surface area (Å²) in [6, 6.07) is 11.6. The lowest BCUT2D eigenvalue weighted by Gasteiger charge is -2.27. The summed E-state index contributed by atoms with van der Waals surface area (Å²) in [5.41, 5.74) is 8.92. The van der Waals surface area contributed by atoms with Gasteiger partial charge in [0.15, 0.2) is 11.6 Å². The molecule has 2 N–H and O–H groups in total. The summed E-state index contributed by atoms with van der Waals surface area (Å²) in [7, 11) is 1.65. The first-order valence-electron chi connectivity index (χ1n) is 12.8. The van der Waals surface area contributed by atoms with Crippen LogP contribution in [0.4, 0.5) is 10.6 Å². The van der Waals surface area contributed by atoms with Gasteiger partial charge in [-0.25, -0.2) is 14.8 Å². The van der Waals surface area contributed by atoms with Crippen LogP contribution in [-0.4, -0.2) is 64.1 Å². The summed E-state index contributed by atoms with van der Waals surface area (Å²) >= 11 is 0. The van der Waals surface area contributed by atoms with E-state index in [9.17, 15) is 9.59 Å². The second kappa shape index (κ2) is 13.6. The summed E-state index contributed by atoms with van der Waals surface area (Å²) in [5, 5.41) is 0. The number of methoxy groups -OCH3 is 1. The Kier molecular flexibility index (Phi) is 10.3. The van der Waals surface area contributed by atoms with Crippen LogP contribution in [0.25, 0.3) is 11.3 Å². The molecule has 0 saturated carbocycles. The topological polar surface area (TPSA) is 121 Å². The molecule has 0 atom stereocenters. The number of aromatic nitrogens is 3. The molecule has 0 spiro atoms. The van der Waals surface area contributed by atoms with Crippen molar-refractivity contribution in [3.8, 4) is 11.3 Å². The van der Waals surface area contributed by atoms with Crippen molar-refractivity contribution in [3.05, 3.63) is 71.8 Å². The molecule has 0 aliphatic heterocycles. The quantitative estimate of drug-likeness (QED) is 0.269. The fourth-order valence-corrected chi connectivity index (χ4v) is 3.85. The normalized spacial score (nSPS) is 11.3. The molecule has 3 rings (SSSR count). The number of aryl methyl sites for hydroxylation is 1. The molecule has 0 bridgehead atoms. The highest BCUT2D eigenvalue weighted by molar-refractivity contribution is 5.99. The van der Waals surface area contributed by atoms with Gasteiger partial charge in [-0.3, -0.25) is 9.78 Å². The van der Waals surface area contributed by atoms with Crippen LogP contribution in [0.5, 0.6) is 0 Å². The predicted molar refractivity (Wildman–Crippen MR) is 147 cm³/mol. The van der Waals surface area contributed by atoms with E-state index in [4.69, 9.17) is 15.2 Å². The van der Waals surface area contributed by atoms with Gasteiger partial charge in [0.05, 0.1) is 11.9 Å². The highest BCUT2D eigenvalue weighted by Gasteiger charge is 2.21. The molecule has 9 heteroatoms. The Labute approximate surface area is 224 Å². The van der Waals surface area contributed by atoms with Crippen LogP contribution >= 0.6 is 0 Å². The molecule has 2 aromatic heterocycles. The third-order valence-electron chi connectivity index (χ3n) is 5.72. The number of hydrogen-bond acceptors (Lipinski definition) is 8. The van der Waals surface area contributed by atoms with Crippen molar-refractivity contribution in [2.24, 2.45) is 0 Å². The maximum absolute atomic E-state index is 12.8. The smallest absolute Gasteiger partial charge is 0.410 e. The van der Waals surface area contributed by atoms with Crippen LogP contribution in [-0.2, 0) is 22.3 Å². The number of ketones is 1. The SMILES string of the molecule is COCCCN(CCCc1ccc(-c2cnc(N)c(C(=O)Cc3cccnc3)n2)cc1)C(=O)OC(C)(C)C. The Bertz CT molecular complexity index is 1190. The zero-order chi connectivity index (χ0) is 27.5. The van der Waals surface area contributed by atoms with E-state index < -0.39 is 5.60 Å². The van der Waals surface area contributed by atoms with E-state index in [-0.39, 0.29) is 29.8 Å². The number of nitrogens with zero attached hydrogens (tertiary/aromatic N) is 4. The van der Waals surface area contributed by atoms with Gasteiger partial charge < -0.3 is 20.1 Å². The molecule has 9 nitrogen and oxygen atoms in total. The Morgan fingerprint density at radius 2 is 1.74 bits per heavy atom. The zero-order valence-corrected chi connectivity index (χ0v) is 22.6. The number of hydrogen-bond donors (Lipinski definition) is 1. The number of amides is 1. The minimum absolute atomic E-state index is 0.110. The Hall–Kier alpha value is -3.85. The third kappa shape index (κ3) is 8.92. The first kappa shape index (κ1) is 28.7. The lowest BCUT2D eigenvalue weighted by atomic mass is 10.0. The van der Waals surface area contributed by atoms with Gasteiger partial charge in [0.1, 0.15) is 11.3 Å². The number of anilines is 1. The van der Waals surface area contributed by atoms with Crippen LogP contribution in [0.15, 0.2) is 55.0 Å². The minimum atomic E-state index is -0.541. The van der Waals surface area contributed by atoms with Gasteiger partial charge in [-0.15, -0.1) is 0 Å². The molecule has 202 valence electrons. The second-order valence-electron chi connectivity index (χ2n) is 10.1. The first-order valence-corrected chi connectivity index (χ1v) is 12.8. The lowest BCUT2D eigenvalue weighted by Crippen LogP contribution is -2.38. The van der Waals surface area contributed by atoms with Crippen molar-refractivity contribution in [2.75, 3.05) is 32.5 Å². The van der Waals surface area contributed by atoms with Crippen LogP contribution in [0.1, 0.15) is 55.2 Å². The van der Waals surface area contributed by atoms with E-state index >= 15 is 0 Å². The van der Waals surface area contributed by atoms with Crippen LogP contribution in [0.2, 0.25) is 0 Å². The molecule has 38 heavy (non-hydrogen) atoms. The molecule has 2 heterocycles. The predicted octanol–water partition coefficient (Wildman–Crippen LogP) is 4.75. The van der Waals surface area contributed by atoms with Crippen molar-refractivity contribution in [1.82, 2.24) is 19.9 Å². The van der Waals surface area contributed by atoms with Gasteiger partial charge in [-0.05, 0) is 57.2 Å².